The van der Waals surface area contributed by atoms with E-state index < -0.39 is 35.7 Å². The molecular formula is C40H35F4N3O5S. The van der Waals surface area contributed by atoms with E-state index in [1.165, 1.54) is 59.0 Å². The number of para-hydroxylation sites is 1. The number of benzene rings is 3. The highest BCUT2D eigenvalue weighted by Crippen LogP contribution is 2.36. The zero-order valence-corrected chi connectivity index (χ0v) is 29.8. The van der Waals surface area contributed by atoms with E-state index in [-0.39, 0.29) is 59.7 Å². The lowest BCUT2D eigenvalue weighted by Gasteiger charge is -2.38. The quantitative estimate of drug-likeness (QED) is 0.106. The Morgan fingerprint density at radius 3 is 2.15 bits per heavy atom. The van der Waals surface area contributed by atoms with E-state index in [1.54, 1.807) is 18.2 Å². The van der Waals surface area contributed by atoms with Crippen molar-refractivity contribution in [3.8, 4) is 39.4 Å². The Morgan fingerprint density at radius 1 is 0.887 bits per heavy atom. The van der Waals surface area contributed by atoms with Crippen LogP contribution in [0.15, 0.2) is 91.3 Å². The first kappa shape index (κ1) is 37.3. The van der Waals surface area contributed by atoms with Gasteiger partial charge in [0.15, 0.2) is 11.6 Å². The zero-order valence-electron chi connectivity index (χ0n) is 29.0. The number of rotatable bonds is 11. The van der Waals surface area contributed by atoms with E-state index in [1.807, 2.05) is 18.2 Å². The molecule has 6 rings (SSSR count). The number of likely N-dealkylation sites (tertiary alicyclic amines) is 1. The Bertz CT molecular complexity index is 2140. The average molecular weight is 746 g/mol. The number of carboxylic acids is 1. The maximum absolute atomic E-state index is 15.3. The summed E-state index contributed by atoms with van der Waals surface area (Å²) in [6, 6.07) is 20.5. The maximum atomic E-state index is 15.3. The summed E-state index contributed by atoms with van der Waals surface area (Å²) in [4.78, 5) is 50.2. The van der Waals surface area contributed by atoms with Gasteiger partial charge in [0.05, 0.1) is 10.8 Å². The Morgan fingerprint density at radius 2 is 1.55 bits per heavy atom. The highest BCUT2D eigenvalue weighted by atomic mass is 32.1. The van der Waals surface area contributed by atoms with Gasteiger partial charge in [-0.1, -0.05) is 75.4 Å². The number of aromatic nitrogens is 2. The molecule has 1 fully saturated rings. The number of carbonyl (C=O) groups excluding carboxylic acids is 2. The minimum absolute atomic E-state index is 0.0190. The second-order valence-electron chi connectivity index (χ2n) is 14.0. The van der Waals surface area contributed by atoms with Crippen LogP contribution in [0.5, 0.6) is 5.75 Å². The molecule has 0 radical (unpaired) electrons. The third kappa shape index (κ3) is 8.79. The van der Waals surface area contributed by atoms with Gasteiger partial charge in [0.1, 0.15) is 11.6 Å². The number of carbonyl (C=O) groups is 3. The number of hydrogen-bond acceptors (Lipinski definition) is 7. The largest absolute Gasteiger partial charge is 0.573 e. The summed E-state index contributed by atoms with van der Waals surface area (Å²) in [5.74, 6) is -3.44. The molecule has 1 atom stereocenters. The van der Waals surface area contributed by atoms with Crippen molar-refractivity contribution in [2.24, 2.45) is 11.8 Å². The van der Waals surface area contributed by atoms with Crippen LogP contribution in [-0.4, -0.2) is 57.1 Å². The minimum atomic E-state index is -4.90. The fraction of sp³-hybridized carbons (Fsp3) is 0.275. The molecule has 0 unspecified atom stereocenters. The molecule has 5 aromatic rings. The van der Waals surface area contributed by atoms with E-state index in [9.17, 15) is 32.7 Å². The Labute approximate surface area is 307 Å². The Balaban J connectivity index is 1.16. The molecule has 1 aliphatic heterocycles. The van der Waals surface area contributed by atoms with Crippen LogP contribution in [0.4, 0.5) is 17.6 Å². The van der Waals surface area contributed by atoms with Crippen LogP contribution in [0.1, 0.15) is 47.3 Å². The summed E-state index contributed by atoms with van der Waals surface area (Å²) in [6.07, 6.45) is -1.77. The second kappa shape index (κ2) is 14.9. The van der Waals surface area contributed by atoms with Gasteiger partial charge in [-0.15, -0.1) is 24.5 Å². The highest BCUT2D eigenvalue weighted by Gasteiger charge is 2.39. The van der Waals surface area contributed by atoms with Crippen molar-refractivity contribution >= 4 is 29.0 Å². The van der Waals surface area contributed by atoms with Crippen LogP contribution in [0.2, 0.25) is 0 Å². The summed E-state index contributed by atoms with van der Waals surface area (Å²) >= 11 is 1.42. The summed E-state index contributed by atoms with van der Waals surface area (Å²) in [7, 11) is 0. The number of ether oxygens (including phenoxy) is 1. The fourth-order valence-electron chi connectivity index (χ4n) is 6.06. The molecule has 1 aliphatic rings. The van der Waals surface area contributed by atoms with Crippen molar-refractivity contribution in [2.45, 2.75) is 45.4 Å². The third-order valence-electron chi connectivity index (χ3n) is 8.99. The van der Waals surface area contributed by atoms with Gasteiger partial charge in [-0.3, -0.25) is 14.4 Å². The highest BCUT2D eigenvalue weighted by molar-refractivity contribution is 7.14. The van der Waals surface area contributed by atoms with Gasteiger partial charge in [-0.05, 0) is 47.2 Å². The van der Waals surface area contributed by atoms with Crippen molar-refractivity contribution in [1.82, 2.24) is 14.9 Å². The lowest BCUT2D eigenvalue weighted by molar-refractivity contribution is -0.274. The first-order chi connectivity index (χ1) is 25.1. The molecule has 0 spiro atoms. The number of thiophene rings is 1. The first-order valence-corrected chi connectivity index (χ1v) is 17.6. The molecule has 0 saturated carbocycles. The van der Waals surface area contributed by atoms with Crippen molar-refractivity contribution in [1.29, 1.82) is 0 Å². The molecular weight excluding hydrogens is 711 g/mol. The van der Waals surface area contributed by atoms with E-state index in [4.69, 9.17) is 0 Å². The number of ketones is 1. The number of Topliss-reactive ketones (excluding diaryl/α,β-unsaturated/α-hetero) is 1. The van der Waals surface area contributed by atoms with E-state index >= 15 is 4.39 Å². The van der Waals surface area contributed by atoms with Crippen LogP contribution >= 0.6 is 11.3 Å². The average Bonchev–Trinajstić information content (AvgIpc) is 3.59. The maximum Gasteiger partial charge on any atom is 0.573 e. The minimum Gasteiger partial charge on any atom is -0.481 e. The summed E-state index contributed by atoms with van der Waals surface area (Å²) < 4.78 is 58.1. The summed E-state index contributed by atoms with van der Waals surface area (Å²) in [5, 5.41) is 9.31. The van der Waals surface area contributed by atoms with Crippen LogP contribution in [0.25, 0.3) is 33.6 Å². The monoisotopic (exact) mass is 745 g/mol. The molecule has 3 heterocycles. The predicted molar refractivity (Wildman–Crippen MR) is 192 cm³/mol. The molecule has 8 nitrogen and oxygen atoms in total. The van der Waals surface area contributed by atoms with Crippen molar-refractivity contribution in [2.75, 3.05) is 13.1 Å². The number of carboxylic acid groups (broad SMARTS) is 1. The lowest BCUT2D eigenvalue weighted by atomic mass is 9.89. The van der Waals surface area contributed by atoms with Gasteiger partial charge in [0, 0.05) is 65.0 Å². The number of alkyl halides is 3. The molecule has 13 heteroatoms. The number of amides is 1. The summed E-state index contributed by atoms with van der Waals surface area (Å²) in [6.45, 7) is 6.41. The molecule has 1 N–H and O–H groups in total. The molecule has 0 bridgehead atoms. The van der Waals surface area contributed by atoms with E-state index in [0.717, 1.165) is 22.6 Å². The molecule has 2 aromatic heterocycles. The van der Waals surface area contributed by atoms with Gasteiger partial charge < -0.3 is 14.7 Å². The molecule has 3 aromatic carbocycles. The second-order valence-corrected chi connectivity index (χ2v) is 15.0. The third-order valence-corrected chi connectivity index (χ3v) is 10.5. The van der Waals surface area contributed by atoms with E-state index in [2.05, 4.69) is 35.5 Å². The standard InChI is InChI=1S/C40H35F4N3O5S/c1-39(2,3)35-15-14-34(53-35)32(48)18-26(37(49)47-21-28(22-47)38(50)51)16-23-8-10-24(11-9-23)36-45-19-27(20-46-36)29-13-12-25(17-31(29)41)30-6-4-5-7-33(30)52-40(42,43)44/h4-15,17,19-20,26,28H,16,18,21-22H2,1-3H3,(H,50,51)/t26-/m1/s1. The molecule has 0 aliphatic carbocycles. The number of nitrogens with zero attached hydrogens (tertiary/aromatic N) is 3. The van der Waals surface area contributed by atoms with E-state index in [0.29, 0.717) is 21.8 Å². The van der Waals surface area contributed by atoms with Crippen molar-refractivity contribution < 1.29 is 41.8 Å². The van der Waals surface area contributed by atoms with Gasteiger partial charge in [-0.2, -0.15) is 0 Å². The lowest BCUT2D eigenvalue weighted by Crippen LogP contribution is -2.55. The molecule has 1 saturated heterocycles. The van der Waals surface area contributed by atoms with Crippen LogP contribution in [0, 0.1) is 17.7 Å². The van der Waals surface area contributed by atoms with Crippen molar-refractivity contribution in [3.63, 3.8) is 0 Å². The van der Waals surface area contributed by atoms with Crippen LogP contribution in [0.3, 0.4) is 0 Å². The molecule has 1 amide bonds. The smallest absolute Gasteiger partial charge is 0.481 e. The fourth-order valence-corrected chi connectivity index (χ4v) is 7.07. The summed E-state index contributed by atoms with van der Waals surface area (Å²) in [5.41, 5.74) is 2.11. The molecule has 274 valence electrons. The SMILES string of the molecule is CC(C)(C)c1ccc(C(=O)C[C@@H](Cc2ccc(-c3ncc(-c4ccc(-c5ccccc5OC(F)(F)F)cc4F)cn3)cc2)C(=O)N2CC(C(=O)O)C2)s1. The topological polar surface area (TPSA) is 110 Å². The van der Waals surface area contributed by atoms with Crippen LogP contribution in [-0.2, 0) is 21.4 Å². The van der Waals surface area contributed by atoms with Gasteiger partial charge in [0.2, 0.25) is 5.91 Å². The number of aliphatic carboxylic acids is 1. The zero-order chi connectivity index (χ0) is 38.1. The Kier molecular flexibility index (Phi) is 10.5. The normalized spacial score (nSPS) is 14.1. The van der Waals surface area contributed by atoms with Gasteiger partial charge >= 0.3 is 12.3 Å². The van der Waals surface area contributed by atoms with Gasteiger partial charge in [-0.25, -0.2) is 14.4 Å². The first-order valence-electron chi connectivity index (χ1n) is 16.8. The molecule has 53 heavy (non-hydrogen) atoms. The number of hydrogen-bond donors (Lipinski definition) is 1. The Hall–Kier alpha value is -5.43. The van der Waals surface area contributed by atoms with Crippen LogP contribution < -0.4 is 4.74 Å². The van der Waals surface area contributed by atoms with Crippen molar-refractivity contribution in [3.05, 3.63) is 112 Å². The number of halogens is 4. The predicted octanol–water partition coefficient (Wildman–Crippen LogP) is 8.85. The van der Waals surface area contributed by atoms with Gasteiger partial charge in [0.25, 0.3) is 0 Å².